The largest absolute Gasteiger partial charge is 0.330 e. The fraction of sp³-hybridized carbons (Fsp3) is 0.429. The van der Waals surface area contributed by atoms with Crippen molar-refractivity contribution in [3.63, 3.8) is 0 Å². The van der Waals surface area contributed by atoms with Crippen molar-refractivity contribution in [2.24, 2.45) is 5.73 Å². The molecule has 1 nitrogen and oxygen atoms in total. The number of hydrogen-bond acceptors (Lipinski definition) is 1. The minimum atomic E-state index is 0.778. The molecule has 0 saturated heterocycles. The molecule has 1 heteroatoms. The Kier molecular flexibility index (Phi) is 5.79. The Labute approximate surface area is 93.0 Å². The van der Waals surface area contributed by atoms with Gasteiger partial charge in [-0.25, -0.2) is 0 Å². The average Bonchev–Trinajstić information content (AvgIpc) is 2.27. The Morgan fingerprint density at radius 2 is 1.93 bits per heavy atom. The summed E-state index contributed by atoms with van der Waals surface area (Å²) in [6, 6.07) is 8.80. The van der Waals surface area contributed by atoms with Crippen LogP contribution in [0.2, 0.25) is 0 Å². The van der Waals surface area contributed by atoms with Crippen molar-refractivity contribution in [2.45, 2.75) is 32.6 Å². The van der Waals surface area contributed by atoms with Crippen LogP contribution in [-0.2, 0) is 6.42 Å². The first kappa shape index (κ1) is 12.0. The van der Waals surface area contributed by atoms with Crippen LogP contribution in [0.5, 0.6) is 0 Å². The van der Waals surface area contributed by atoms with Crippen LogP contribution in [0.3, 0.4) is 0 Å². The molecular weight excluding hydrogens is 182 g/mol. The molecule has 0 aliphatic carbocycles. The predicted octanol–water partition coefficient (Wildman–Crippen LogP) is 3.39. The van der Waals surface area contributed by atoms with Gasteiger partial charge in [0.15, 0.2) is 0 Å². The van der Waals surface area contributed by atoms with Gasteiger partial charge >= 0.3 is 0 Å². The number of rotatable bonds is 6. The third-order valence-electron chi connectivity index (χ3n) is 2.40. The second kappa shape index (κ2) is 7.24. The molecule has 0 heterocycles. The first-order valence-corrected chi connectivity index (χ1v) is 5.82. The van der Waals surface area contributed by atoms with Crippen molar-refractivity contribution >= 4 is 6.08 Å². The molecule has 2 N–H and O–H groups in total. The Balaban J connectivity index is 2.45. The van der Waals surface area contributed by atoms with Crippen LogP contribution in [0, 0.1) is 0 Å². The summed E-state index contributed by atoms with van der Waals surface area (Å²) in [7, 11) is 0. The second-order valence-electron chi connectivity index (χ2n) is 3.82. The summed E-state index contributed by atoms with van der Waals surface area (Å²) in [6.45, 7) is 2.99. The summed E-state index contributed by atoms with van der Waals surface area (Å²) in [5.74, 6) is 0. The maximum absolute atomic E-state index is 5.43. The lowest BCUT2D eigenvalue weighted by atomic mass is 10.1. The number of nitrogens with two attached hydrogens (primary N) is 1. The van der Waals surface area contributed by atoms with E-state index in [-0.39, 0.29) is 0 Å². The molecule has 0 spiro atoms. The molecule has 0 aliphatic heterocycles. The molecule has 1 rings (SSSR count). The zero-order valence-electron chi connectivity index (χ0n) is 9.58. The Morgan fingerprint density at radius 1 is 1.20 bits per heavy atom. The van der Waals surface area contributed by atoms with Gasteiger partial charge in [0, 0.05) is 0 Å². The first-order chi connectivity index (χ1) is 7.36. The van der Waals surface area contributed by atoms with E-state index in [4.69, 9.17) is 5.73 Å². The summed E-state index contributed by atoms with van der Waals surface area (Å²) in [5, 5.41) is 0. The summed E-state index contributed by atoms with van der Waals surface area (Å²) in [4.78, 5) is 0. The highest BCUT2D eigenvalue weighted by molar-refractivity contribution is 5.49. The van der Waals surface area contributed by atoms with Crippen molar-refractivity contribution in [3.8, 4) is 0 Å². The zero-order valence-corrected chi connectivity index (χ0v) is 9.58. The van der Waals surface area contributed by atoms with E-state index in [0.29, 0.717) is 0 Å². The molecule has 0 radical (unpaired) electrons. The second-order valence-corrected chi connectivity index (χ2v) is 3.82. The molecule has 0 aromatic heterocycles. The molecule has 0 atom stereocenters. The number of aryl methyl sites for hydroxylation is 1. The first-order valence-electron chi connectivity index (χ1n) is 5.82. The quantitative estimate of drug-likeness (QED) is 0.705. The van der Waals surface area contributed by atoms with Gasteiger partial charge in [0.1, 0.15) is 0 Å². The van der Waals surface area contributed by atoms with Gasteiger partial charge in [-0.1, -0.05) is 49.8 Å². The van der Waals surface area contributed by atoms with Crippen LogP contribution in [0.25, 0.3) is 6.08 Å². The van der Waals surface area contributed by atoms with Gasteiger partial charge in [0.2, 0.25) is 0 Å². The smallest absolute Gasteiger partial charge is 0.00743 e. The summed E-state index contributed by atoms with van der Waals surface area (Å²) < 4.78 is 0. The molecule has 0 fully saturated rings. The van der Waals surface area contributed by atoms with E-state index in [0.717, 1.165) is 19.4 Å². The van der Waals surface area contributed by atoms with E-state index in [1.54, 1.807) is 0 Å². The molecule has 0 amide bonds. The average molecular weight is 203 g/mol. The minimum Gasteiger partial charge on any atom is -0.330 e. The van der Waals surface area contributed by atoms with Crippen molar-refractivity contribution in [1.82, 2.24) is 0 Å². The third kappa shape index (κ3) is 4.80. The standard InChI is InChI=1S/C14H21N/c1-2-6-13-8-10-14(11-9-13)7-4-3-5-12-15/h4,7-11H,2-3,5-6,12,15H2,1H3/b7-4+. The van der Waals surface area contributed by atoms with E-state index < -0.39 is 0 Å². The summed E-state index contributed by atoms with van der Waals surface area (Å²) in [6.07, 6.45) is 8.91. The highest BCUT2D eigenvalue weighted by Gasteiger charge is 1.90. The van der Waals surface area contributed by atoms with Crippen molar-refractivity contribution in [1.29, 1.82) is 0 Å². The van der Waals surface area contributed by atoms with Gasteiger partial charge in [0.25, 0.3) is 0 Å². The Hall–Kier alpha value is -1.08. The molecule has 15 heavy (non-hydrogen) atoms. The van der Waals surface area contributed by atoms with E-state index in [1.807, 2.05) is 0 Å². The van der Waals surface area contributed by atoms with Gasteiger partial charge in [-0.15, -0.1) is 0 Å². The molecule has 1 aromatic rings. The van der Waals surface area contributed by atoms with Gasteiger partial charge in [-0.05, 0) is 36.9 Å². The van der Waals surface area contributed by atoms with E-state index >= 15 is 0 Å². The fourth-order valence-electron chi connectivity index (χ4n) is 1.54. The van der Waals surface area contributed by atoms with E-state index in [2.05, 4.69) is 43.3 Å². The van der Waals surface area contributed by atoms with Crippen LogP contribution in [0.4, 0.5) is 0 Å². The number of benzene rings is 1. The normalized spacial score (nSPS) is 11.1. The zero-order chi connectivity index (χ0) is 10.9. The molecule has 0 saturated carbocycles. The topological polar surface area (TPSA) is 26.0 Å². The van der Waals surface area contributed by atoms with Gasteiger partial charge in [-0.3, -0.25) is 0 Å². The molecule has 1 aromatic carbocycles. The Morgan fingerprint density at radius 3 is 2.53 bits per heavy atom. The molecule has 0 bridgehead atoms. The van der Waals surface area contributed by atoms with Crippen LogP contribution >= 0.6 is 0 Å². The fourth-order valence-corrected chi connectivity index (χ4v) is 1.54. The van der Waals surface area contributed by atoms with Crippen LogP contribution < -0.4 is 5.73 Å². The maximum Gasteiger partial charge on any atom is -0.00743 e. The molecular formula is C14H21N. The summed E-state index contributed by atoms with van der Waals surface area (Å²) >= 11 is 0. The van der Waals surface area contributed by atoms with Crippen molar-refractivity contribution in [3.05, 3.63) is 41.5 Å². The van der Waals surface area contributed by atoms with E-state index in [9.17, 15) is 0 Å². The maximum atomic E-state index is 5.43. The lowest BCUT2D eigenvalue weighted by Gasteiger charge is -1.99. The third-order valence-corrected chi connectivity index (χ3v) is 2.40. The van der Waals surface area contributed by atoms with Gasteiger partial charge < -0.3 is 5.73 Å². The van der Waals surface area contributed by atoms with Crippen molar-refractivity contribution < 1.29 is 0 Å². The van der Waals surface area contributed by atoms with E-state index in [1.165, 1.54) is 24.0 Å². The van der Waals surface area contributed by atoms with Crippen LogP contribution in [0.15, 0.2) is 30.3 Å². The Bertz CT molecular complexity index is 285. The molecule has 0 unspecified atom stereocenters. The van der Waals surface area contributed by atoms with Gasteiger partial charge in [0.05, 0.1) is 0 Å². The van der Waals surface area contributed by atoms with Crippen molar-refractivity contribution in [2.75, 3.05) is 6.54 Å². The van der Waals surface area contributed by atoms with Crippen LogP contribution in [0.1, 0.15) is 37.3 Å². The minimum absolute atomic E-state index is 0.778. The molecule has 0 aliphatic rings. The lowest BCUT2D eigenvalue weighted by Crippen LogP contribution is -1.96. The lowest BCUT2D eigenvalue weighted by molar-refractivity contribution is 0.857. The monoisotopic (exact) mass is 203 g/mol. The van der Waals surface area contributed by atoms with Crippen LogP contribution in [-0.4, -0.2) is 6.54 Å². The highest BCUT2D eigenvalue weighted by atomic mass is 14.5. The highest BCUT2D eigenvalue weighted by Crippen LogP contribution is 2.08. The number of unbranched alkanes of at least 4 members (excludes halogenated alkanes) is 1. The predicted molar refractivity (Wildman–Crippen MR) is 67.8 cm³/mol. The number of hydrogen-bond donors (Lipinski definition) is 1. The van der Waals surface area contributed by atoms with Gasteiger partial charge in [-0.2, -0.15) is 0 Å². The molecule has 82 valence electrons. The SMILES string of the molecule is CCCc1ccc(/C=C/CCCN)cc1. The number of allylic oxidation sites excluding steroid dienone is 1. The summed E-state index contributed by atoms with van der Waals surface area (Å²) in [5.41, 5.74) is 8.14.